The molecule has 1 N–H and O–H groups in total. The van der Waals surface area contributed by atoms with Crippen molar-refractivity contribution >= 4 is 0 Å². The van der Waals surface area contributed by atoms with Crippen LogP contribution in [0.25, 0.3) is 0 Å². The summed E-state index contributed by atoms with van der Waals surface area (Å²) in [6.07, 6.45) is 4.82. The fraction of sp³-hybridized carbons (Fsp3) is 0.250. The van der Waals surface area contributed by atoms with Crippen molar-refractivity contribution in [1.29, 1.82) is 0 Å². The minimum atomic E-state index is -1.00. The summed E-state index contributed by atoms with van der Waals surface area (Å²) in [7, 11) is 0. The Hall–Kier alpha value is -0.992. The molecular weight excluding hydrogens is 386 g/mol. The molecule has 0 spiro atoms. The molecule has 0 aliphatic rings. The Labute approximate surface area is 115 Å². The molecule has 0 aliphatic heterocycles. The number of aliphatic hydroxyl groups is 1. The van der Waals surface area contributed by atoms with Crippen LogP contribution in [-0.4, -0.2) is 19.9 Å². The average Bonchev–Trinajstić information content (AvgIpc) is 2.83. The fourth-order valence-corrected chi connectivity index (χ4v) is 1.64. The van der Waals surface area contributed by atoms with Crippen LogP contribution in [0.3, 0.4) is 0 Å². The Morgan fingerprint density at radius 2 is 2.06 bits per heavy atom. The molecule has 0 radical (unpaired) electrons. The van der Waals surface area contributed by atoms with Gasteiger partial charge in [-0.3, -0.25) is 11.1 Å². The first-order chi connectivity index (χ1) is 7.74. The third kappa shape index (κ3) is 3.24. The van der Waals surface area contributed by atoms with Crippen LogP contribution in [0.5, 0.6) is 0 Å². The van der Waals surface area contributed by atoms with Crippen molar-refractivity contribution in [3.8, 4) is 0 Å². The Bertz CT molecular complexity index is 432. The molecule has 0 saturated carbocycles. The maximum atomic E-state index is 10.5. The molecule has 5 heteroatoms. The van der Waals surface area contributed by atoms with E-state index < -0.39 is 5.60 Å². The van der Waals surface area contributed by atoms with E-state index >= 15 is 0 Å². The Morgan fingerprint density at radius 1 is 1.35 bits per heavy atom. The van der Waals surface area contributed by atoms with Crippen molar-refractivity contribution in [3.05, 3.63) is 55.0 Å². The average molecular weight is 400 g/mol. The molecule has 2 rings (SSSR count). The molecule has 1 aromatic heterocycles. The Balaban J connectivity index is 0.00000144. The second-order valence-electron chi connectivity index (χ2n) is 3.67. The zero-order chi connectivity index (χ0) is 11.4. The van der Waals surface area contributed by atoms with Gasteiger partial charge in [0.05, 0.1) is 0 Å². The first-order valence-electron chi connectivity index (χ1n) is 5.15. The molecule has 1 aromatic carbocycles. The third-order valence-electron chi connectivity index (χ3n) is 2.62. The van der Waals surface area contributed by atoms with Crippen molar-refractivity contribution in [2.24, 2.45) is 0 Å². The largest absolute Gasteiger partial charge is 0.415 e. The van der Waals surface area contributed by atoms with Gasteiger partial charge in [-0.25, -0.2) is 4.98 Å². The summed E-state index contributed by atoms with van der Waals surface area (Å²) < 4.78 is 1.62. The quantitative estimate of drug-likeness (QED) is 0.790. The van der Waals surface area contributed by atoms with Gasteiger partial charge in [0.2, 0.25) is 0 Å². The zero-order valence-corrected chi connectivity index (χ0v) is 12.5. The van der Waals surface area contributed by atoms with E-state index in [1.807, 2.05) is 37.3 Å². The standard InChI is InChI=1S/C12H14N3O.W/c1-2-12(16,8-15-10-13-9-14-15)11-6-4-3-5-7-11;/h2-7,9-10,16H,8H2,1H3;/q-1;. The van der Waals surface area contributed by atoms with Crippen LogP contribution < -0.4 is 0 Å². The summed E-state index contributed by atoms with van der Waals surface area (Å²) in [6.45, 7) is 2.21. The topological polar surface area (TPSA) is 50.9 Å². The molecule has 90 valence electrons. The molecular formula is C12H14N3OW-. The second kappa shape index (κ2) is 6.08. The molecule has 4 nitrogen and oxygen atoms in total. The van der Waals surface area contributed by atoms with Gasteiger partial charge in [0.25, 0.3) is 0 Å². The van der Waals surface area contributed by atoms with Crippen molar-refractivity contribution in [1.82, 2.24) is 14.8 Å². The summed E-state index contributed by atoms with van der Waals surface area (Å²) in [5.41, 5.74) is -0.150. The van der Waals surface area contributed by atoms with Gasteiger partial charge in [-0.05, 0) is 11.2 Å². The predicted octanol–water partition coefficient (Wildman–Crippen LogP) is 1.39. The molecule has 0 bridgehead atoms. The van der Waals surface area contributed by atoms with E-state index in [0.717, 1.165) is 5.56 Å². The SMILES string of the molecule is C[CH-]C(O)(Cn1cncn1)c1ccccc1.[W]. The minimum Gasteiger partial charge on any atom is -0.415 e. The number of hydrogen-bond acceptors (Lipinski definition) is 3. The summed E-state index contributed by atoms with van der Waals surface area (Å²) in [6, 6.07) is 9.54. The monoisotopic (exact) mass is 400 g/mol. The van der Waals surface area contributed by atoms with Gasteiger partial charge in [0.1, 0.15) is 12.7 Å². The van der Waals surface area contributed by atoms with Crippen LogP contribution in [0, 0.1) is 6.42 Å². The van der Waals surface area contributed by atoms with E-state index in [9.17, 15) is 5.11 Å². The van der Waals surface area contributed by atoms with Crippen LogP contribution in [0.2, 0.25) is 0 Å². The van der Waals surface area contributed by atoms with Gasteiger partial charge in [0.15, 0.2) is 0 Å². The molecule has 1 heterocycles. The molecule has 0 fully saturated rings. The zero-order valence-electron chi connectivity index (χ0n) is 9.52. The van der Waals surface area contributed by atoms with E-state index in [1.165, 1.54) is 6.33 Å². The number of hydrogen-bond donors (Lipinski definition) is 1. The van der Waals surface area contributed by atoms with Gasteiger partial charge >= 0.3 is 0 Å². The maximum absolute atomic E-state index is 10.5. The van der Waals surface area contributed by atoms with Crippen molar-refractivity contribution in [3.63, 3.8) is 0 Å². The van der Waals surface area contributed by atoms with E-state index in [-0.39, 0.29) is 21.1 Å². The minimum absolute atomic E-state index is 0. The van der Waals surface area contributed by atoms with Crippen molar-refractivity contribution in [2.75, 3.05) is 0 Å². The second-order valence-corrected chi connectivity index (χ2v) is 3.67. The van der Waals surface area contributed by atoms with Crippen molar-refractivity contribution < 1.29 is 26.2 Å². The smallest absolute Gasteiger partial charge is 0.137 e. The molecule has 0 amide bonds. The summed E-state index contributed by atoms with van der Waals surface area (Å²) in [5.74, 6) is 0. The summed E-state index contributed by atoms with van der Waals surface area (Å²) >= 11 is 0. The Morgan fingerprint density at radius 3 is 2.59 bits per heavy atom. The van der Waals surface area contributed by atoms with Gasteiger partial charge < -0.3 is 5.11 Å². The number of aromatic nitrogens is 3. The van der Waals surface area contributed by atoms with E-state index in [2.05, 4.69) is 10.1 Å². The molecule has 1 atom stereocenters. The van der Waals surface area contributed by atoms with E-state index in [4.69, 9.17) is 0 Å². The van der Waals surface area contributed by atoms with Gasteiger partial charge in [-0.15, -0.1) is 0 Å². The van der Waals surface area contributed by atoms with Gasteiger partial charge in [-0.1, -0.05) is 30.3 Å². The molecule has 2 aromatic rings. The van der Waals surface area contributed by atoms with Crippen molar-refractivity contribution in [2.45, 2.75) is 19.1 Å². The van der Waals surface area contributed by atoms with Gasteiger partial charge in [-0.2, -0.15) is 12.0 Å². The first kappa shape index (κ1) is 14.1. The van der Waals surface area contributed by atoms with Crippen LogP contribution in [0.15, 0.2) is 43.0 Å². The van der Waals surface area contributed by atoms with Crippen LogP contribution in [0.4, 0.5) is 0 Å². The van der Waals surface area contributed by atoms with Crippen LogP contribution >= 0.6 is 0 Å². The number of benzene rings is 1. The molecule has 17 heavy (non-hydrogen) atoms. The number of nitrogens with zero attached hydrogens (tertiary/aromatic N) is 3. The predicted molar refractivity (Wildman–Crippen MR) is 60.3 cm³/mol. The first-order valence-corrected chi connectivity index (χ1v) is 5.15. The third-order valence-corrected chi connectivity index (χ3v) is 2.62. The summed E-state index contributed by atoms with van der Waals surface area (Å²) in [5, 5.41) is 14.5. The number of rotatable bonds is 4. The summed E-state index contributed by atoms with van der Waals surface area (Å²) in [4.78, 5) is 3.86. The van der Waals surface area contributed by atoms with E-state index in [0.29, 0.717) is 6.54 Å². The molecule has 0 saturated heterocycles. The fourth-order valence-electron chi connectivity index (χ4n) is 1.64. The van der Waals surface area contributed by atoms with E-state index in [1.54, 1.807) is 17.4 Å². The van der Waals surface area contributed by atoms with Gasteiger partial charge in [0, 0.05) is 27.6 Å². The molecule has 1 unspecified atom stereocenters. The molecule has 0 aliphatic carbocycles. The Kier molecular flexibility index (Phi) is 5.03. The normalized spacial score (nSPS) is 13.8. The van der Waals surface area contributed by atoms with Crippen LogP contribution in [0.1, 0.15) is 12.5 Å². The van der Waals surface area contributed by atoms with Crippen LogP contribution in [-0.2, 0) is 33.2 Å². The maximum Gasteiger partial charge on any atom is 0.137 e.